The Balaban J connectivity index is 1.64. The van der Waals surface area contributed by atoms with E-state index < -0.39 is 10.0 Å². The van der Waals surface area contributed by atoms with E-state index >= 15 is 0 Å². The fourth-order valence-corrected chi connectivity index (χ4v) is 5.40. The van der Waals surface area contributed by atoms with Gasteiger partial charge in [0, 0.05) is 38.1 Å². The number of aryl methyl sites for hydroxylation is 1. The van der Waals surface area contributed by atoms with Gasteiger partial charge in [-0.2, -0.15) is 4.31 Å². The maximum Gasteiger partial charge on any atom is 0.243 e. The molecule has 0 aliphatic carbocycles. The van der Waals surface area contributed by atoms with Crippen molar-refractivity contribution in [1.82, 2.24) is 14.2 Å². The molecule has 0 saturated carbocycles. The number of sulfonamides is 1. The Labute approximate surface area is 163 Å². The minimum Gasteiger partial charge on any atom is -0.495 e. The van der Waals surface area contributed by atoms with Gasteiger partial charge in [0.2, 0.25) is 10.0 Å². The SMILES string of the molecule is CCc1nc(CN2CCN(S(=O)(=O)c3ccc(OC)c(Cl)c3)CC2)cs1. The highest BCUT2D eigenvalue weighted by Crippen LogP contribution is 2.28. The number of nitrogens with zero attached hydrogens (tertiary/aromatic N) is 3. The Kier molecular flexibility index (Phi) is 6.19. The molecule has 0 spiro atoms. The zero-order valence-electron chi connectivity index (χ0n) is 14.8. The van der Waals surface area contributed by atoms with E-state index in [-0.39, 0.29) is 4.90 Å². The van der Waals surface area contributed by atoms with Crippen LogP contribution in [0, 0.1) is 0 Å². The molecule has 26 heavy (non-hydrogen) atoms. The van der Waals surface area contributed by atoms with Crippen molar-refractivity contribution in [3.63, 3.8) is 0 Å². The number of aromatic nitrogens is 1. The molecule has 6 nitrogen and oxygen atoms in total. The number of ether oxygens (including phenoxy) is 1. The van der Waals surface area contributed by atoms with Crippen molar-refractivity contribution in [3.8, 4) is 5.75 Å². The predicted octanol–water partition coefficient (Wildman–Crippen LogP) is 2.87. The molecule has 2 aromatic rings. The summed E-state index contributed by atoms with van der Waals surface area (Å²) in [6.45, 7) is 5.13. The van der Waals surface area contributed by atoms with E-state index in [0.717, 1.165) is 23.7 Å². The molecule has 3 rings (SSSR count). The molecule has 0 unspecified atom stereocenters. The largest absolute Gasteiger partial charge is 0.495 e. The van der Waals surface area contributed by atoms with E-state index in [1.165, 1.54) is 23.5 Å². The van der Waals surface area contributed by atoms with Crippen molar-refractivity contribution in [3.05, 3.63) is 39.3 Å². The van der Waals surface area contributed by atoms with Gasteiger partial charge in [0.25, 0.3) is 0 Å². The van der Waals surface area contributed by atoms with Crippen molar-refractivity contribution in [2.45, 2.75) is 24.8 Å². The van der Waals surface area contributed by atoms with Gasteiger partial charge in [-0.3, -0.25) is 4.90 Å². The normalized spacial score (nSPS) is 16.7. The molecule has 0 amide bonds. The van der Waals surface area contributed by atoms with Crippen LogP contribution in [-0.4, -0.2) is 55.9 Å². The van der Waals surface area contributed by atoms with E-state index in [4.69, 9.17) is 16.3 Å². The van der Waals surface area contributed by atoms with E-state index in [9.17, 15) is 8.42 Å². The Morgan fingerprint density at radius 3 is 2.58 bits per heavy atom. The molecule has 0 bridgehead atoms. The van der Waals surface area contributed by atoms with Gasteiger partial charge in [-0.25, -0.2) is 13.4 Å². The van der Waals surface area contributed by atoms with Crippen LogP contribution in [-0.2, 0) is 23.0 Å². The van der Waals surface area contributed by atoms with E-state index in [1.54, 1.807) is 17.4 Å². The van der Waals surface area contributed by atoms with Gasteiger partial charge in [-0.05, 0) is 24.6 Å². The summed E-state index contributed by atoms with van der Waals surface area (Å²) in [5.41, 5.74) is 1.06. The topological polar surface area (TPSA) is 62.7 Å². The van der Waals surface area contributed by atoms with Crippen LogP contribution >= 0.6 is 22.9 Å². The summed E-state index contributed by atoms with van der Waals surface area (Å²) in [6.07, 6.45) is 0.946. The maximum absolute atomic E-state index is 12.8. The monoisotopic (exact) mass is 415 g/mol. The molecular formula is C17H22ClN3O3S2. The van der Waals surface area contributed by atoms with Crippen molar-refractivity contribution in [1.29, 1.82) is 0 Å². The first-order chi connectivity index (χ1) is 12.4. The highest BCUT2D eigenvalue weighted by atomic mass is 35.5. The summed E-state index contributed by atoms with van der Waals surface area (Å²) < 4.78 is 32.3. The highest BCUT2D eigenvalue weighted by Gasteiger charge is 2.29. The predicted molar refractivity (Wildman–Crippen MR) is 104 cm³/mol. The molecule has 142 valence electrons. The van der Waals surface area contributed by atoms with E-state index in [2.05, 4.69) is 22.2 Å². The highest BCUT2D eigenvalue weighted by molar-refractivity contribution is 7.89. The van der Waals surface area contributed by atoms with Gasteiger partial charge in [0.05, 0.1) is 27.7 Å². The molecule has 1 saturated heterocycles. The number of hydrogen-bond acceptors (Lipinski definition) is 6. The first-order valence-electron chi connectivity index (χ1n) is 8.43. The van der Waals surface area contributed by atoms with Gasteiger partial charge in [-0.15, -0.1) is 11.3 Å². The Bertz CT molecular complexity index is 862. The summed E-state index contributed by atoms with van der Waals surface area (Å²) >= 11 is 7.76. The van der Waals surface area contributed by atoms with Crippen molar-refractivity contribution in [2.75, 3.05) is 33.3 Å². The molecule has 0 radical (unpaired) electrons. The van der Waals surface area contributed by atoms with Crippen molar-refractivity contribution in [2.24, 2.45) is 0 Å². The fraction of sp³-hybridized carbons (Fsp3) is 0.471. The summed E-state index contributed by atoms with van der Waals surface area (Å²) in [7, 11) is -2.05. The number of hydrogen-bond donors (Lipinski definition) is 0. The van der Waals surface area contributed by atoms with Crippen molar-refractivity contribution >= 4 is 33.0 Å². The van der Waals surface area contributed by atoms with Crippen LogP contribution in [0.1, 0.15) is 17.6 Å². The van der Waals surface area contributed by atoms with Crippen LogP contribution in [0.3, 0.4) is 0 Å². The van der Waals surface area contributed by atoms with Gasteiger partial charge < -0.3 is 4.74 Å². The van der Waals surface area contributed by atoms with Crippen LogP contribution in [0.25, 0.3) is 0 Å². The number of methoxy groups -OCH3 is 1. The quantitative estimate of drug-likeness (QED) is 0.725. The fourth-order valence-electron chi connectivity index (χ4n) is 2.90. The molecule has 1 aliphatic heterocycles. The Morgan fingerprint density at radius 1 is 1.27 bits per heavy atom. The summed E-state index contributed by atoms with van der Waals surface area (Å²) in [5.74, 6) is 0.463. The third-order valence-corrected chi connectivity index (χ3v) is 7.61. The molecule has 0 atom stereocenters. The molecule has 1 fully saturated rings. The van der Waals surface area contributed by atoms with E-state index in [1.807, 2.05) is 0 Å². The third kappa shape index (κ3) is 4.20. The smallest absolute Gasteiger partial charge is 0.243 e. The summed E-state index contributed by atoms with van der Waals surface area (Å²) in [5, 5.41) is 3.52. The molecular weight excluding hydrogens is 394 g/mol. The lowest BCUT2D eigenvalue weighted by Gasteiger charge is -2.33. The van der Waals surface area contributed by atoms with Crippen LogP contribution < -0.4 is 4.74 Å². The number of rotatable bonds is 6. The van der Waals surface area contributed by atoms with E-state index in [0.29, 0.717) is 37.0 Å². The lowest BCUT2D eigenvalue weighted by molar-refractivity contribution is 0.180. The zero-order chi connectivity index (χ0) is 18.7. The second kappa shape index (κ2) is 8.22. The second-order valence-electron chi connectivity index (χ2n) is 6.06. The van der Waals surface area contributed by atoms with Crippen LogP contribution in [0.5, 0.6) is 5.75 Å². The van der Waals surface area contributed by atoms with Gasteiger partial charge >= 0.3 is 0 Å². The first-order valence-corrected chi connectivity index (χ1v) is 11.1. The minimum atomic E-state index is -3.55. The molecule has 2 heterocycles. The van der Waals surface area contributed by atoms with Crippen LogP contribution in [0.2, 0.25) is 5.02 Å². The van der Waals surface area contributed by atoms with Gasteiger partial charge in [0.1, 0.15) is 5.75 Å². The van der Waals surface area contributed by atoms with Crippen molar-refractivity contribution < 1.29 is 13.2 Å². The zero-order valence-corrected chi connectivity index (χ0v) is 17.2. The first kappa shape index (κ1) is 19.6. The lowest BCUT2D eigenvalue weighted by atomic mass is 10.3. The third-order valence-electron chi connectivity index (χ3n) is 4.38. The average Bonchev–Trinajstić information content (AvgIpc) is 3.09. The molecule has 1 aromatic heterocycles. The van der Waals surface area contributed by atoms with Gasteiger partial charge in [0.15, 0.2) is 0 Å². The molecule has 9 heteroatoms. The summed E-state index contributed by atoms with van der Waals surface area (Å²) in [4.78, 5) is 7.02. The molecule has 1 aromatic carbocycles. The van der Waals surface area contributed by atoms with Crippen LogP contribution in [0.15, 0.2) is 28.5 Å². The molecule has 1 aliphatic rings. The number of benzene rings is 1. The Morgan fingerprint density at radius 2 is 2.00 bits per heavy atom. The number of piperazine rings is 1. The molecule has 0 N–H and O–H groups in total. The van der Waals surface area contributed by atoms with Crippen LogP contribution in [0.4, 0.5) is 0 Å². The lowest BCUT2D eigenvalue weighted by Crippen LogP contribution is -2.48. The minimum absolute atomic E-state index is 0.198. The number of halogens is 1. The Hall–Kier alpha value is -1.19. The average molecular weight is 416 g/mol. The standard InChI is InChI=1S/C17H22ClN3O3S2/c1-3-17-19-13(12-25-17)11-20-6-8-21(9-7-20)26(22,23)14-4-5-16(24-2)15(18)10-14/h4-5,10,12H,3,6-9,11H2,1-2H3. The van der Waals surface area contributed by atoms with Gasteiger partial charge in [-0.1, -0.05) is 18.5 Å². The second-order valence-corrected chi connectivity index (χ2v) is 9.35. The maximum atomic E-state index is 12.8. The summed E-state index contributed by atoms with van der Waals surface area (Å²) in [6, 6.07) is 4.57. The number of thiazole rings is 1.